The third kappa shape index (κ3) is 5.74. The molecule has 0 heterocycles. The van der Waals surface area contributed by atoms with Crippen LogP contribution in [-0.4, -0.2) is 12.0 Å². The molecule has 0 unspecified atom stereocenters. The van der Waals surface area contributed by atoms with Gasteiger partial charge in [0.25, 0.3) is 0 Å². The van der Waals surface area contributed by atoms with E-state index in [2.05, 4.69) is 13.8 Å². The van der Waals surface area contributed by atoms with Gasteiger partial charge in [0.1, 0.15) is 11.6 Å². The molecule has 0 radical (unpaired) electrons. The van der Waals surface area contributed by atoms with Gasteiger partial charge in [-0.2, -0.15) is 0 Å². The SMILES string of the molecule is CC(C)c1ccc(/C(=C/C[C@H](N)C(=O)[O-])c2ccc(F)cc2F)cc1.[Na+]. The first-order valence-corrected chi connectivity index (χ1v) is 8.02. The predicted molar refractivity (Wildman–Crippen MR) is 91.6 cm³/mol. The zero-order valence-electron chi connectivity index (χ0n) is 15.1. The summed E-state index contributed by atoms with van der Waals surface area (Å²) in [5, 5.41) is 10.8. The molecule has 6 heteroatoms. The van der Waals surface area contributed by atoms with E-state index >= 15 is 0 Å². The van der Waals surface area contributed by atoms with E-state index in [-0.39, 0.29) is 41.5 Å². The molecule has 0 aliphatic rings. The molecular formula is C20H20F2NNaO2. The van der Waals surface area contributed by atoms with Gasteiger partial charge in [0, 0.05) is 17.7 Å². The van der Waals surface area contributed by atoms with Gasteiger partial charge in [0.05, 0.1) is 5.97 Å². The van der Waals surface area contributed by atoms with Crippen LogP contribution in [0.25, 0.3) is 5.57 Å². The van der Waals surface area contributed by atoms with Gasteiger partial charge in [0.2, 0.25) is 0 Å². The Balaban J connectivity index is 0.00000338. The molecule has 2 N–H and O–H groups in total. The van der Waals surface area contributed by atoms with Gasteiger partial charge in [0.15, 0.2) is 0 Å². The van der Waals surface area contributed by atoms with Gasteiger partial charge in [-0.1, -0.05) is 44.2 Å². The second kappa shape index (κ2) is 9.97. The van der Waals surface area contributed by atoms with Crippen molar-refractivity contribution < 1.29 is 48.2 Å². The van der Waals surface area contributed by atoms with Gasteiger partial charge in [-0.05, 0) is 41.2 Å². The molecule has 0 fully saturated rings. The number of nitrogens with two attached hydrogens (primary N) is 1. The van der Waals surface area contributed by atoms with Crippen molar-refractivity contribution in [2.75, 3.05) is 0 Å². The standard InChI is InChI=1S/C20H21F2NO2.Na/c1-12(2)13-3-5-14(6-4-13)16(9-10-19(23)20(24)25)17-8-7-15(21)11-18(17)22;/h3-9,11-12,19H,10,23H2,1-2H3,(H,24,25);/q;+1/p-1/b16-9-;/t19-;/m0./s1. The second-order valence-corrected chi connectivity index (χ2v) is 6.18. The van der Waals surface area contributed by atoms with Crippen LogP contribution in [-0.2, 0) is 4.79 Å². The number of halogens is 2. The van der Waals surface area contributed by atoms with Crippen LogP contribution < -0.4 is 40.4 Å². The van der Waals surface area contributed by atoms with Crippen molar-refractivity contribution in [3.05, 3.63) is 76.9 Å². The number of aliphatic carboxylic acids is 1. The van der Waals surface area contributed by atoms with Crippen LogP contribution in [0.3, 0.4) is 0 Å². The largest absolute Gasteiger partial charge is 1.00 e. The fourth-order valence-corrected chi connectivity index (χ4v) is 2.48. The Morgan fingerprint density at radius 2 is 1.77 bits per heavy atom. The fraction of sp³-hybridized carbons (Fsp3) is 0.250. The van der Waals surface area contributed by atoms with Crippen molar-refractivity contribution in [2.24, 2.45) is 5.73 Å². The third-order valence-electron chi connectivity index (χ3n) is 3.99. The van der Waals surface area contributed by atoms with E-state index in [1.165, 1.54) is 6.07 Å². The zero-order chi connectivity index (χ0) is 18.6. The third-order valence-corrected chi connectivity index (χ3v) is 3.99. The number of hydrogen-bond acceptors (Lipinski definition) is 3. The Morgan fingerprint density at radius 3 is 2.27 bits per heavy atom. The van der Waals surface area contributed by atoms with Gasteiger partial charge in [-0.15, -0.1) is 0 Å². The maximum absolute atomic E-state index is 14.2. The quantitative estimate of drug-likeness (QED) is 0.731. The van der Waals surface area contributed by atoms with E-state index in [1.54, 1.807) is 6.08 Å². The van der Waals surface area contributed by atoms with Crippen molar-refractivity contribution in [1.29, 1.82) is 0 Å². The number of benzene rings is 2. The summed E-state index contributed by atoms with van der Waals surface area (Å²) >= 11 is 0. The first kappa shape index (κ1) is 22.5. The summed E-state index contributed by atoms with van der Waals surface area (Å²) in [4.78, 5) is 10.8. The van der Waals surface area contributed by atoms with Crippen LogP contribution >= 0.6 is 0 Å². The van der Waals surface area contributed by atoms with E-state index in [0.29, 0.717) is 17.1 Å². The molecule has 0 aliphatic carbocycles. The van der Waals surface area contributed by atoms with E-state index in [1.807, 2.05) is 24.3 Å². The molecule has 0 bridgehead atoms. The van der Waals surface area contributed by atoms with Gasteiger partial charge in [-0.25, -0.2) is 8.78 Å². The molecule has 0 spiro atoms. The molecule has 26 heavy (non-hydrogen) atoms. The topological polar surface area (TPSA) is 66.2 Å². The molecular weight excluding hydrogens is 347 g/mol. The summed E-state index contributed by atoms with van der Waals surface area (Å²) in [6, 6.07) is 9.59. The Morgan fingerprint density at radius 1 is 1.15 bits per heavy atom. The predicted octanol–water partition coefficient (Wildman–Crippen LogP) is -0.00880. The Bertz CT molecular complexity index is 789. The number of carbonyl (C=O) groups is 1. The van der Waals surface area contributed by atoms with Gasteiger partial charge in [-0.3, -0.25) is 0 Å². The minimum atomic E-state index is -1.38. The van der Waals surface area contributed by atoms with Crippen LogP contribution in [0.15, 0.2) is 48.5 Å². The van der Waals surface area contributed by atoms with Crippen molar-refractivity contribution in [3.8, 4) is 0 Å². The average Bonchev–Trinajstić information content (AvgIpc) is 2.56. The van der Waals surface area contributed by atoms with E-state index in [9.17, 15) is 18.7 Å². The smallest absolute Gasteiger partial charge is 0.548 e. The minimum Gasteiger partial charge on any atom is -0.548 e. The zero-order valence-corrected chi connectivity index (χ0v) is 17.1. The molecule has 2 rings (SSSR count). The van der Waals surface area contributed by atoms with E-state index in [4.69, 9.17) is 5.73 Å². The van der Waals surface area contributed by atoms with Crippen molar-refractivity contribution in [2.45, 2.75) is 32.2 Å². The molecule has 1 atom stereocenters. The van der Waals surface area contributed by atoms with Crippen molar-refractivity contribution >= 4 is 11.5 Å². The first-order chi connectivity index (χ1) is 11.8. The summed E-state index contributed by atoms with van der Waals surface area (Å²) in [5.41, 5.74) is 7.95. The average molecular weight is 367 g/mol. The van der Waals surface area contributed by atoms with Crippen LogP contribution in [0.2, 0.25) is 0 Å². The maximum atomic E-state index is 14.2. The molecule has 2 aromatic carbocycles. The maximum Gasteiger partial charge on any atom is 1.00 e. The molecule has 0 amide bonds. The molecule has 0 saturated heterocycles. The first-order valence-electron chi connectivity index (χ1n) is 8.02. The summed E-state index contributed by atoms with van der Waals surface area (Å²) in [5.74, 6) is -2.44. The van der Waals surface area contributed by atoms with Crippen LogP contribution in [0, 0.1) is 11.6 Å². The summed E-state index contributed by atoms with van der Waals surface area (Å²) in [6.45, 7) is 4.12. The summed E-state index contributed by atoms with van der Waals surface area (Å²) in [6.07, 6.45) is 1.52. The number of carboxylic acids is 1. The molecule has 2 aromatic rings. The molecule has 0 aliphatic heterocycles. The van der Waals surface area contributed by atoms with E-state index in [0.717, 1.165) is 17.7 Å². The van der Waals surface area contributed by atoms with Crippen LogP contribution in [0.5, 0.6) is 0 Å². The number of carbonyl (C=O) groups excluding carboxylic acids is 1. The molecule has 132 valence electrons. The number of carboxylic acid groups (broad SMARTS) is 1. The number of rotatable bonds is 6. The fourth-order valence-electron chi connectivity index (χ4n) is 2.48. The van der Waals surface area contributed by atoms with Gasteiger partial charge >= 0.3 is 29.6 Å². The van der Waals surface area contributed by atoms with Crippen molar-refractivity contribution in [1.82, 2.24) is 0 Å². The molecule has 3 nitrogen and oxygen atoms in total. The molecule has 0 saturated carbocycles. The Labute approximate surface area is 174 Å². The normalized spacial score (nSPS) is 12.6. The number of hydrogen-bond donors (Lipinski definition) is 1. The van der Waals surface area contributed by atoms with Crippen LogP contribution in [0.1, 0.15) is 42.9 Å². The summed E-state index contributed by atoms with van der Waals surface area (Å²) in [7, 11) is 0. The minimum absolute atomic E-state index is 0. The Hall–Kier alpha value is -1.53. The molecule has 0 aromatic heterocycles. The Kier molecular flexibility index (Phi) is 8.63. The second-order valence-electron chi connectivity index (χ2n) is 6.18. The monoisotopic (exact) mass is 367 g/mol. The van der Waals surface area contributed by atoms with Crippen LogP contribution in [0.4, 0.5) is 8.78 Å². The van der Waals surface area contributed by atoms with Crippen molar-refractivity contribution in [3.63, 3.8) is 0 Å². The van der Waals surface area contributed by atoms with Gasteiger partial charge < -0.3 is 15.6 Å². The summed E-state index contributed by atoms with van der Waals surface area (Å²) < 4.78 is 27.4. The van der Waals surface area contributed by atoms with E-state index < -0.39 is 23.6 Å².